The number of rotatable bonds is 8. The molecule has 1 heterocycles. The zero-order chi connectivity index (χ0) is 21.3. The van der Waals surface area contributed by atoms with Crippen molar-refractivity contribution in [1.82, 2.24) is 20.2 Å². The first-order valence-electron chi connectivity index (χ1n) is 10.5. The highest BCUT2D eigenvalue weighted by molar-refractivity contribution is 6.07. The number of nitrogens with one attached hydrogen (secondary N) is 3. The topological polar surface area (TPSA) is 105 Å². The highest BCUT2D eigenvalue weighted by Gasteiger charge is 2.15. The van der Waals surface area contributed by atoms with E-state index in [0.717, 1.165) is 12.8 Å². The van der Waals surface area contributed by atoms with Crippen LogP contribution in [0.1, 0.15) is 61.1 Å². The van der Waals surface area contributed by atoms with Crippen LogP contribution in [0, 0.1) is 0 Å². The number of anilines is 1. The van der Waals surface area contributed by atoms with Gasteiger partial charge in [0, 0.05) is 49.7 Å². The number of nitrogens with zero attached hydrogens (tertiary/aromatic N) is 2. The third-order valence-electron chi connectivity index (χ3n) is 5.26. The van der Waals surface area contributed by atoms with Crippen LogP contribution in [-0.4, -0.2) is 39.9 Å². The van der Waals surface area contributed by atoms with Crippen molar-refractivity contribution in [2.24, 2.45) is 7.05 Å². The van der Waals surface area contributed by atoms with Gasteiger partial charge < -0.3 is 20.5 Å². The molecular weight excluding hydrogens is 382 g/mol. The fourth-order valence-corrected chi connectivity index (χ4v) is 3.58. The first-order valence-corrected chi connectivity index (χ1v) is 10.5. The third kappa shape index (κ3) is 6.17. The highest BCUT2D eigenvalue weighted by Crippen LogP contribution is 2.17. The smallest absolute Gasteiger partial charge is 0.315 e. The second-order valence-corrected chi connectivity index (χ2v) is 7.66. The number of carbonyl (C=O) groups excluding carboxylic acids is 3. The van der Waals surface area contributed by atoms with E-state index in [0.29, 0.717) is 36.5 Å². The van der Waals surface area contributed by atoms with Crippen LogP contribution in [0.2, 0.25) is 0 Å². The molecule has 8 heteroatoms. The molecule has 160 valence electrons. The Kier molecular flexibility index (Phi) is 7.59. The van der Waals surface area contributed by atoms with Crippen molar-refractivity contribution in [1.29, 1.82) is 0 Å². The lowest BCUT2D eigenvalue weighted by Gasteiger charge is -2.22. The Balaban J connectivity index is 1.36. The van der Waals surface area contributed by atoms with Crippen molar-refractivity contribution in [2.75, 3.05) is 11.9 Å². The van der Waals surface area contributed by atoms with E-state index in [-0.39, 0.29) is 23.8 Å². The predicted octanol–water partition coefficient (Wildman–Crippen LogP) is 3.00. The van der Waals surface area contributed by atoms with Gasteiger partial charge >= 0.3 is 6.03 Å². The summed E-state index contributed by atoms with van der Waals surface area (Å²) in [6.07, 6.45) is 9.83. The number of imidazole rings is 1. The molecule has 0 spiro atoms. The minimum atomic E-state index is -0.169. The summed E-state index contributed by atoms with van der Waals surface area (Å²) >= 11 is 0. The van der Waals surface area contributed by atoms with Crippen molar-refractivity contribution in [3.05, 3.63) is 48.0 Å². The molecule has 0 atom stereocenters. The number of benzene rings is 1. The van der Waals surface area contributed by atoms with Crippen molar-refractivity contribution in [3.8, 4) is 0 Å². The Hall–Kier alpha value is -3.16. The molecule has 1 aromatic heterocycles. The van der Waals surface area contributed by atoms with E-state index in [1.165, 1.54) is 19.3 Å². The molecule has 0 radical (unpaired) electrons. The summed E-state index contributed by atoms with van der Waals surface area (Å²) in [6.45, 7) is 0.447. The van der Waals surface area contributed by atoms with E-state index in [9.17, 15) is 14.4 Å². The summed E-state index contributed by atoms with van der Waals surface area (Å²) in [4.78, 5) is 40.5. The van der Waals surface area contributed by atoms with E-state index in [1.54, 1.807) is 48.3 Å². The van der Waals surface area contributed by atoms with Crippen LogP contribution >= 0.6 is 0 Å². The molecule has 1 fully saturated rings. The molecule has 30 heavy (non-hydrogen) atoms. The van der Waals surface area contributed by atoms with E-state index in [1.807, 2.05) is 0 Å². The van der Waals surface area contributed by atoms with Crippen LogP contribution in [0.3, 0.4) is 0 Å². The van der Waals surface area contributed by atoms with E-state index in [2.05, 4.69) is 20.9 Å². The van der Waals surface area contributed by atoms with Crippen LogP contribution < -0.4 is 16.0 Å². The zero-order valence-corrected chi connectivity index (χ0v) is 17.3. The number of carbonyl (C=O) groups is 3. The number of hydrogen-bond acceptors (Lipinski definition) is 4. The molecule has 3 N–H and O–H groups in total. The number of aromatic nitrogens is 2. The van der Waals surface area contributed by atoms with Gasteiger partial charge in [-0.1, -0.05) is 19.3 Å². The lowest BCUT2D eigenvalue weighted by molar-refractivity contribution is -0.116. The fraction of sp³-hybridized carbons (Fsp3) is 0.455. The van der Waals surface area contributed by atoms with Gasteiger partial charge in [0.25, 0.3) is 0 Å². The predicted molar refractivity (Wildman–Crippen MR) is 114 cm³/mol. The molecule has 0 aliphatic heterocycles. The molecule has 0 bridgehead atoms. The summed E-state index contributed by atoms with van der Waals surface area (Å²) in [6, 6.07) is 6.85. The van der Waals surface area contributed by atoms with Gasteiger partial charge in [-0.05, 0) is 43.5 Å². The molecule has 3 amide bonds. The Bertz CT molecular complexity index is 869. The minimum Gasteiger partial charge on any atom is -0.338 e. The molecule has 2 aromatic rings. The number of ketones is 1. The van der Waals surface area contributed by atoms with Crippen molar-refractivity contribution in [2.45, 2.75) is 51.0 Å². The van der Waals surface area contributed by atoms with Gasteiger partial charge in [0.15, 0.2) is 5.82 Å². The fourth-order valence-electron chi connectivity index (χ4n) is 3.58. The number of hydrogen-bond donors (Lipinski definition) is 3. The van der Waals surface area contributed by atoms with Gasteiger partial charge in [-0.3, -0.25) is 9.59 Å². The summed E-state index contributed by atoms with van der Waals surface area (Å²) < 4.78 is 1.67. The SMILES string of the molecule is Cn1ccnc1C(=O)c1ccc(NC(=O)CCCNC(=O)NC2CCCCC2)cc1. The Morgan fingerprint density at radius 2 is 1.83 bits per heavy atom. The monoisotopic (exact) mass is 411 g/mol. The maximum atomic E-state index is 12.4. The molecule has 0 saturated heterocycles. The summed E-state index contributed by atoms with van der Waals surface area (Å²) in [5, 5.41) is 8.61. The molecule has 0 unspecified atom stereocenters. The van der Waals surface area contributed by atoms with Gasteiger partial charge in [0.05, 0.1) is 0 Å². The zero-order valence-electron chi connectivity index (χ0n) is 17.3. The molecule has 1 aliphatic carbocycles. The number of amides is 3. The van der Waals surface area contributed by atoms with Gasteiger partial charge in [-0.25, -0.2) is 9.78 Å². The first-order chi connectivity index (χ1) is 14.5. The standard InChI is InChI=1S/C22H29N5O3/c1-27-15-14-23-21(27)20(29)16-9-11-18(12-10-16)25-19(28)8-5-13-24-22(30)26-17-6-3-2-4-7-17/h9-12,14-15,17H,2-8,13H2,1H3,(H,25,28)(H2,24,26,30). The van der Waals surface area contributed by atoms with Gasteiger partial charge in [0.2, 0.25) is 11.7 Å². The highest BCUT2D eigenvalue weighted by atomic mass is 16.2. The number of urea groups is 1. The maximum Gasteiger partial charge on any atom is 0.315 e. The van der Waals surface area contributed by atoms with E-state index >= 15 is 0 Å². The van der Waals surface area contributed by atoms with Gasteiger partial charge in [-0.2, -0.15) is 0 Å². The van der Waals surface area contributed by atoms with Crippen LogP contribution in [0.25, 0.3) is 0 Å². The average Bonchev–Trinajstić information content (AvgIpc) is 3.18. The molecule has 8 nitrogen and oxygen atoms in total. The summed E-state index contributed by atoms with van der Waals surface area (Å²) in [7, 11) is 1.77. The van der Waals surface area contributed by atoms with E-state index < -0.39 is 0 Å². The molecule has 3 rings (SSSR count). The maximum absolute atomic E-state index is 12.4. The van der Waals surface area contributed by atoms with Crippen molar-refractivity contribution in [3.63, 3.8) is 0 Å². The number of aryl methyl sites for hydroxylation is 1. The second kappa shape index (κ2) is 10.6. The summed E-state index contributed by atoms with van der Waals surface area (Å²) in [5.41, 5.74) is 1.13. The van der Waals surface area contributed by atoms with Crippen molar-refractivity contribution < 1.29 is 14.4 Å². The molecule has 1 aliphatic rings. The Morgan fingerprint density at radius 3 is 2.50 bits per heavy atom. The Labute approximate surface area is 176 Å². The van der Waals surface area contributed by atoms with Crippen LogP contribution in [0.5, 0.6) is 0 Å². The Morgan fingerprint density at radius 1 is 1.10 bits per heavy atom. The van der Waals surface area contributed by atoms with E-state index in [4.69, 9.17) is 0 Å². The first kappa shape index (κ1) is 21.5. The van der Waals surface area contributed by atoms with Crippen LogP contribution in [-0.2, 0) is 11.8 Å². The quantitative estimate of drug-likeness (QED) is 0.459. The van der Waals surface area contributed by atoms with Gasteiger partial charge in [-0.15, -0.1) is 0 Å². The van der Waals surface area contributed by atoms with Crippen molar-refractivity contribution >= 4 is 23.4 Å². The lowest BCUT2D eigenvalue weighted by Crippen LogP contribution is -2.43. The van der Waals surface area contributed by atoms with Crippen LogP contribution in [0.15, 0.2) is 36.7 Å². The molecule has 1 saturated carbocycles. The van der Waals surface area contributed by atoms with Crippen LogP contribution in [0.4, 0.5) is 10.5 Å². The average molecular weight is 412 g/mol. The second-order valence-electron chi connectivity index (χ2n) is 7.66. The third-order valence-corrected chi connectivity index (χ3v) is 5.26. The lowest BCUT2D eigenvalue weighted by atomic mass is 9.96. The molecule has 1 aromatic carbocycles. The largest absolute Gasteiger partial charge is 0.338 e. The van der Waals surface area contributed by atoms with Gasteiger partial charge in [0.1, 0.15) is 0 Å². The summed E-state index contributed by atoms with van der Waals surface area (Å²) in [5.74, 6) is 0.0671. The molecular formula is C22H29N5O3. The normalized spacial score (nSPS) is 14.2. The minimum absolute atomic E-state index is 0.132.